The number of aryl methyl sites for hydroxylation is 3. The zero-order valence-electron chi connectivity index (χ0n) is 13.3. The first kappa shape index (κ1) is 18.0. The second-order valence-corrected chi connectivity index (χ2v) is 6.75. The maximum Gasteiger partial charge on any atom is 0.390 e. The van der Waals surface area contributed by atoms with E-state index in [-0.39, 0.29) is 6.54 Å². The summed E-state index contributed by atoms with van der Waals surface area (Å²) in [6, 6.07) is 0. The molecule has 1 aromatic heterocycles. The van der Waals surface area contributed by atoms with Gasteiger partial charge in [0.2, 0.25) is 0 Å². The van der Waals surface area contributed by atoms with Crippen LogP contribution in [0.5, 0.6) is 0 Å². The molecule has 0 aromatic carbocycles. The van der Waals surface area contributed by atoms with Crippen LogP contribution in [0.25, 0.3) is 0 Å². The van der Waals surface area contributed by atoms with Crippen LogP contribution in [0.3, 0.4) is 0 Å². The summed E-state index contributed by atoms with van der Waals surface area (Å²) >= 11 is 1.81. The third-order valence-corrected chi connectivity index (χ3v) is 4.89. The number of thiazole rings is 1. The molecule has 23 heavy (non-hydrogen) atoms. The Morgan fingerprint density at radius 2 is 1.96 bits per heavy atom. The monoisotopic (exact) mass is 348 g/mol. The first-order valence-corrected chi connectivity index (χ1v) is 8.78. The van der Waals surface area contributed by atoms with Gasteiger partial charge in [0.25, 0.3) is 0 Å². The SMILES string of the molecule is CN=C(NCCCc1nc2c(s1)CCCC2)NCCC(F)(F)F. The molecule has 1 aliphatic rings. The number of guanidine groups is 1. The molecule has 0 unspecified atom stereocenters. The van der Waals surface area contributed by atoms with E-state index in [9.17, 15) is 13.2 Å². The van der Waals surface area contributed by atoms with Crippen LogP contribution < -0.4 is 10.6 Å². The van der Waals surface area contributed by atoms with Crippen molar-refractivity contribution in [3.8, 4) is 0 Å². The van der Waals surface area contributed by atoms with Crippen molar-refractivity contribution in [1.82, 2.24) is 15.6 Å². The summed E-state index contributed by atoms with van der Waals surface area (Å²) in [4.78, 5) is 10.0. The molecule has 4 nitrogen and oxygen atoms in total. The Hall–Kier alpha value is -1.31. The van der Waals surface area contributed by atoms with Gasteiger partial charge in [-0.15, -0.1) is 11.3 Å². The number of nitrogens with one attached hydrogen (secondary N) is 2. The van der Waals surface area contributed by atoms with E-state index in [1.54, 1.807) is 18.4 Å². The largest absolute Gasteiger partial charge is 0.390 e. The zero-order chi connectivity index (χ0) is 16.7. The molecule has 0 atom stereocenters. The van der Waals surface area contributed by atoms with E-state index in [1.165, 1.54) is 28.4 Å². The lowest BCUT2D eigenvalue weighted by Crippen LogP contribution is -2.39. The molecule has 130 valence electrons. The number of nitrogens with zero attached hydrogens (tertiary/aromatic N) is 2. The fourth-order valence-electron chi connectivity index (χ4n) is 2.50. The third kappa shape index (κ3) is 6.37. The van der Waals surface area contributed by atoms with Gasteiger partial charge < -0.3 is 10.6 Å². The van der Waals surface area contributed by atoms with E-state index >= 15 is 0 Å². The van der Waals surface area contributed by atoms with Crippen LogP contribution in [-0.2, 0) is 19.3 Å². The molecule has 0 aliphatic heterocycles. The number of aromatic nitrogens is 1. The molecule has 0 saturated heterocycles. The first-order chi connectivity index (χ1) is 11.0. The minimum Gasteiger partial charge on any atom is -0.356 e. The number of hydrogen-bond donors (Lipinski definition) is 2. The molecule has 0 amide bonds. The van der Waals surface area contributed by atoms with Gasteiger partial charge in [0.05, 0.1) is 17.1 Å². The van der Waals surface area contributed by atoms with Gasteiger partial charge >= 0.3 is 6.18 Å². The highest BCUT2D eigenvalue weighted by Gasteiger charge is 2.26. The number of hydrogen-bond acceptors (Lipinski definition) is 3. The van der Waals surface area contributed by atoms with E-state index in [1.807, 2.05) is 0 Å². The molecule has 0 fully saturated rings. The lowest BCUT2D eigenvalue weighted by Gasteiger charge is -2.12. The van der Waals surface area contributed by atoms with E-state index in [0.717, 1.165) is 25.7 Å². The number of fused-ring (bicyclic) bond motifs is 1. The van der Waals surface area contributed by atoms with Crippen LogP contribution in [0.1, 0.15) is 41.3 Å². The molecular weight excluding hydrogens is 325 g/mol. The van der Waals surface area contributed by atoms with Crippen LogP contribution in [0.2, 0.25) is 0 Å². The van der Waals surface area contributed by atoms with Crippen molar-refractivity contribution in [3.63, 3.8) is 0 Å². The molecule has 0 saturated carbocycles. The molecule has 1 aromatic rings. The molecule has 2 N–H and O–H groups in total. The molecule has 1 aliphatic carbocycles. The van der Waals surface area contributed by atoms with E-state index in [4.69, 9.17) is 0 Å². The Morgan fingerprint density at radius 1 is 1.22 bits per heavy atom. The predicted molar refractivity (Wildman–Crippen MR) is 87.1 cm³/mol. The minimum absolute atomic E-state index is 0.164. The van der Waals surface area contributed by atoms with Gasteiger partial charge in [-0.1, -0.05) is 0 Å². The topological polar surface area (TPSA) is 49.3 Å². The van der Waals surface area contributed by atoms with Gasteiger partial charge in [-0.3, -0.25) is 4.99 Å². The van der Waals surface area contributed by atoms with Gasteiger partial charge in [-0.05, 0) is 32.1 Å². The van der Waals surface area contributed by atoms with Gasteiger partial charge in [-0.2, -0.15) is 13.2 Å². The second-order valence-electron chi connectivity index (χ2n) is 5.58. The van der Waals surface area contributed by atoms with Crippen molar-refractivity contribution >= 4 is 17.3 Å². The van der Waals surface area contributed by atoms with Crippen LogP contribution in [0, 0.1) is 0 Å². The van der Waals surface area contributed by atoms with Crippen molar-refractivity contribution in [2.75, 3.05) is 20.1 Å². The fraction of sp³-hybridized carbons (Fsp3) is 0.733. The molecular formula is C15H23F3N4S. The van der Waals surface area contributed by atoms with Gasteiger partial charge in [0, 0.05) is 31.4 Å². The normalized spacial score (nSPS) is 15.4. The van der Waals surface area contributed by atoms with Crippen molar-refractivity contribution in [3.05, 3.63) is 15.6 Å². The van der Waals surface area contributed by atoms with Crippen molar-refractivity contribution < 1.29 is 13.2 Å². The molecule has 2 rings (SSSR count). The summed E-state index contributed by atoms with van der Waals surface area (Å²) in [6.45, 7) is 0.498. The second kappa shape index (κ2) is 8.52. The Balaban J connectivity index is 1.64. The summed E-state index contributed by atoms with van der Waals surface area (Å²) in [5.41, 5.74) is 1.27. The average Bonchev–Trinajstić information content (AvgIpc) is 2.91. The number of rotatable bonds is 6. The fourth-order valence-corrected chi connectivity index (χ4v) is 3.70. The highest BCUT2D eigenvalue weighted by Crippen LogP contribution is 2.27. The highest BCUT2D eigenvalue weighted by atomic mass is 32.1. The predicted octanol–water partition coefficient (Wildman–Crippen LogP) is 3.07. The summed E-state index contributed by atoms with van der Waals surface area (Å²) in [7, 11) is 1.55. The molecule has 0 spiro atoms. The Labute approximate surface area is 138 Å². The smallest absolute Gasteiger partial charge is 0.356 e. The third-order valence-electron chi connectivity index (χ3n) is 3.67. The van der Waals surface area contributed by atoms with Gasteiger partial charge in [-0.25, -0.2) is 4.98 Å². The minimum atomic E-state index is -4.14. The number of aliphatic imine (C=N–C) groups is 1. The zero-order valence-corrected chi connectivity index (χ0v) is 14.1. The maximum absolute atomic E-state index is 12.1. The lowest BCUT2D eigenvalue weighted by atomic mass is 10.0. The molecule has 0 radical (unpaired) electrons. The molecule has 8 heteroatoms. The molecule has 1 heterocycles. The van der Waals surface area contributed by atoms with Crippen LogP contribution in [0.4, 0.5) is 13.2 Å². The summed E-state index contributed by atoms with van der Waals surface area (Å²) in [5, 5.41) is 6.87. The standard InChI is InChI=1S/C15H23F3N4S/c1-19-14(21-10-8-15(16,17)18)20-9-4-7-13-22-11-5-2-3-6-12(11)23-13/h2-10H2,1H3,(H2,19,20,21). The highest BCUT2D eigenvalue weighted by molar-refractivity contribution is 7.11. The van der Waals surface area contributed by atoms with E-state index < -0.39 is 12.6 Å². The number of alkyl halides is 3. The van der Waals surface area contributed by atoms with Crippen LogP contribution in [0.15, 0.2) is 4.99 Å². The summed E-state index contributed by atoms with van der Waals surface area (Å²) in [5.74, 6) is 0.410. The number of halogens is 3. The van der Waals surface area contributed by atoms with Gasteiger partial charge in [0.1, 0.15) is 0 Å². The summed E-state index contributed by atoms with van der Waals surface area (Å²) < 4.78 is 36.3. The van der Waals surface area contributed by atoms with E-state index in [2.05, 4.69) is 20.6 Å². The summed E-state index contributed by atoms with van der Waals surface area (Å²) in [6.07, 6.45) is 1.51. The van der Waals surface area contributed by atoms with Crippen molar-refractivity contribution in [2.24, 2.45) is 4.99 Å². The van der Waals surface area contributed by atoms with Gasteiger partial charge in [0.15, 0.2) is 5.96 Å². The van der Waals surface area contributed by atoms with Crippen LogP contribution in [-0.4, -0.2) is 37.3 Å². The maximum atomic E-state index is 12.1. The van der Waals surface area contributed by atoms with E-state index in [0.29, 0.717) is 12.5 Å². The average molecular weight is 348 g/mol. The molecule has 0 bridgehead atoms. The van der Waals surface area contributed by atoms with Crippen molar-refractivity contribution in [2.45, 2.75) is 51.1 Å². The lowest BCUT2D eigenvalue weighted by molar-refractivity contribution is -0.132. The van der Waals surface area contributed by atoms with Crippen molar-refractivity contribution in [1.29, 1.82) is 0 Å². The first-order valence-electron chi connectivity index (χ1n) is 7.96. The quantitative estimate of drug-likeness (QED) is 0.472. The van der Waals surface area contributed by atoms with Crippen LogP contribution >= 0.6 is 11.3 Å². The Morgan fingerprint density at radius 3 is 2.65 bits per heavy atom. The Kier molecular flexibility index (Phi) is 6.68. The Bertz CT molecular complexity index is 502.